The summed E-state index contributed by atoms with van der Waals surface area (Å²) in [6.07, 6.45) is 0.796. The molecule has 3 atom stereocenters. The summed E-state index contributed by atoms with van der Waals surface area (Å²) in [5, 5.41) is 2.47. The Morgan fingerprint density at radius 2 is 1.46 bits per heavy atom. The van der Waals surface area contributed by atoms with Crippen molar-refractivity contribution in [2.45, 2.75) is 91.0 Å². The average molecular weight is 570 g/mol. The Morgan fingerprint density at radius 3 is 1.98 bits per heavy atom. The van der Waals surface area contributed by atoms with Crippen LogP contribution < -0.4 is 5.32 Å². The van der Waals surface area contributed by atoms with Gasteiger partial charge >= 0.3 is 18.0 Å². The molecule has 0 fully saturated rings. The molecule has 2 rings (SSSR count). The molecule has 0 spiro atoms. The van der Waals surface area contributed by atoms with E-state index in [1.807, 2.05) is 60.7 Å². The van der Waals surface area contributed by atoms with Crippen LogP contribution in [0.4, 0.5) is 4.79 Å². The molecule has 0 aromatic heterocycles. The number of allylic oxidation sites excluding steroid dienone is 1. The van der Waals surface area contributed by atoms with E-state index in [1.54, 1.807) is 33.8 Å². The van der Waals surface area contributed by atoms with Gasteiger partial charge in [0.1, 0.15) is 23.5 Å². The predicted molar refractivity (Wildman–Crippen MR) is 155 cm³/mol. The van der Waals surface area contributed by atoms with E-state index >= 15 is 0 Å². The normalized spacial score (nSPS) is 14.0. The highest BCUT2D eigenvalue weighted by molar-refractivity contribution is 5.92. The van der Waals surface area contributed by atoms with Gasteiger partial charge in [0.25, 0.3) is 0 Å². The second kappa shape index (κ2) is 17.2. The van der Waals surface area contributed by atoms with Crippen molar-refractivity contribution in [1.29, 1.82) is 0 Å². The zero-order chi connectivity index (χ0) is 30.3. The first-order chi connectivity index (χ1) is 19.5. The van der Waals surface area contributed by atoms with E-state index in [0.717, 1.165) is 11.1 Å². The summed E-state index contributed by atoms with van der Waals surface area (Å²) in [5.41, 5.74) is 1.25. The van der Waals surface area contributed by atoms with Crippen molar-refractivity contribution >= 4 is 18.0 Å². The minimum atomic E-state index is -0.747. The molecule has 2 aromatic carbocycles. The monoisotopic (exact) mass is 569 g/mol. The summed E-state index contributed by atoms with van der Waals surface area (Å²) < 4.78 is 28.3. The van der Waals surface area contributed by atoms with Crippen LogP contribution in [-0.2, 0) is 46.5 Å². The van der Waals surface area contributed by atoms with Crippen molar-refractivity contribution in [2.24, 2.45) is 0 Å². The maximum atomic E-state index is 12.3. The number of esters is 2. The predicted octanol–water partition coefficient (Wildman–Crippen LogP) is 5.86. The van der Waals surface area contributed by atoms with E-state index in [-0.39, 0.29) is 5.70 Å². The van der Waals surface area contributed by atoms with Crippen LogP contribution in [0.15, 0.2) is 72.4 Å². The maximum Gasteiger partial charge on any atom is 0.412 e. The molecule has 224 valence electrons. The van der Waals surface area contributed by atoms with Crippen LogP contribution in [0.5, 0.6) is 0 Å². The number of ether oxygens (including phenoxy) is 5. The van der Waals surface area contributed by atoms with E-state index in [9.17, 15) is 14.4 Å². The molecule has 0 bridgehead atoms. The minimum Gasteiger partial charge on any atom is -0.464 e. The van der Waals surface area contributed by atoms with Gasteiger partial charge in [-0.25, -0.2) is 9.59 Å². The van der Waals surface area contributed by atoms with Crippen molar-refractivity contribution in [3.63, 3.8) is 0 Å². The van der Waals surface area contributed by atoms with E-state index in [1.165, 1.54) is 14.0 Å². The van der Waals surface area contributed by atoms with Crippen LogP contribution >= 0.6 is 0 Å². The summed E-state index contributed by atoms with van der Waals surface area (Å²) in [7, 11) is 1.24. The molecule has 41 heavy (non-hydrogen) atoms. The average Bonchev–Trinajstić information content (AvgIpc) is 2.92. The van der Waals surface area contributed by atoms with Gasteiger partial charge in [0.2, 0.25) is 0 Å². The number of methoxy groups -OCH3 is 1. The number of rotatable bonds is 15. The van der Waals surface area contributed by atoms with Gasteiger partial charge in [0.15, 0.2) is 0 Å². The summed E-state index contributed by atoms with van der Waals surface area (Å²) in [5.74, 6) is -1.09. The first-order valence-electron chi connectivity index (χ1n) is 13.7. The molecular formula is C32H43NO8. The fourth-order valence-electron chi connectivity index (χ4n) is 4.03. The van der Waals surface area contributed by atoms with E-state index < -0.39 is 41.9 Å². The Balaban J connectivity index is 2.19. The lowest BCUT2D eigenvalue weighted by Crippen LogP contribution is -2.42. The molecular weight excluding hydrogens is 526 g/mol. The highest BCUT2D eigenvalue weighted by Crippen LogP contribution is 2.22. The molecule has 9 nitrogen and oxygen atoms in total. The lowest BCUT2D eigenvalue weighted by Gasteiger charge is -2.31. The molecule has 0 saturated heterocycles. The lowest BCUT2D eigenvalue weighted by molar-refractivity contribution is -0.168. The standard InChI is InChI=1S/C32H43NO8/c1-23(40-24(2)34)29(39-22-26-17-11-8-12-18-26)28(38-21-25-15-9-7-10-16-25)20-14-13-19-27(30(35)37-6)33-31(36)41-32(3,4)5/h7-12,15-19,23,28-29H,13-14,20-22H2,1-6H3,(H,33,36)/b27-19-/t23-,28-,29-/m0/s1. The first-order valence-corrected chi connectivity index (χ1v) is 13.7. The molecule has 2 aromatic rings. The lowest BCUT2D eigenvalue weighted by atomic mass is 10.0. The van der Waals surface area contributed by atoms with Gasteiger partial charge in [0.05, 0.1) is 26.4 Å². The van der Waals surface area contributed by atoms with Crippen molar-refractivity contribution in [1.82, 2.24) is 5.32 Å². The van der Waals surface area contributed by atoms with E-state index in [0.29, 0.717) is 32.5 Å². The van der Waals surface area contributed by atoms with Crippen molar-refractivity contribution in [2.75, 3.05) is 7.11 Å². The number of alkyl carbamates (subject to hydrolysis) is 1. The summed E-state index contributed by atoms with van der Waals surface area (Å²) >= 11 is 0. The second-order valence-electron chi connectivity index (χ2n) is 10.6. The van der Waals surface area contributed by atoms with Gasteiger partial charge in [-0.1, -0.05) is 66.7 Å². The highest BCUT2D eigenvalue weighted by atomic mass is 16.6. The number of unbranched alkanes of at least 4 members (excludes halogenated alkanes) is 1. The Bertz CT molecular complexity index is 1110. The Morgan fingerprint density at radius 1 is 0.902 bits per heavy atom. The van der Waals surface area contributed by atoms with Crippen molar-refractivity contribution in [3.05, 3.63) is 83.6 Å². The zero-order valence-electron chi connectivity index (χ0n) is 24.9. The molecule has 0 unspecified atom stereocenters. The Hall–Kier alpha value is -3.69. The molecule has 0 saturated carbocycles. The molecule has 0 aliphatic rings. The minimum absolute atomic E-state index is 0.00587. The van der Waals surface area contributed by atoms with Crippen LogP contribution in [0, 0.1) is 0 Å². The fourth-order valence-corrected chi connectivity index (χ4v) is 4.03. The third-order valence-corrected chi connectivity index (χ3v) is 5.86. The van der Waals surface area contributed by atoms with E-state index in [4.69, 9.17) is 23.7 Å². The molecule has 0 aliphatic heterocycles. The number of hydrogen-bond acceptors (Lipinski definition) is 8. The van der Waals surface area contributed by atoms with Gasteiger partial charge < -0.3 is 23.7 Å². The Kier molecular flexibility index (Phi) is 14.1. The van der Waals surface area contributed by atoms with Gasteiger partial charge in [-0.2, -0.15) is 0 Å². The summed E-state index contributed by atoms with van der Waals surface area (Å²) in [6.45, 7) is 9.00. The number of carbonyl (C=O) groups excluding carboxylic acids is 3. The quantitative estimate of drug-likeness (QED) is 0.123. The number of benzene rings is 2. The Labute approximate surface area is 243 Å². The van der Waals surface area contributed by atoms with Gasteiger partial charge in [-0.3, -0.25) is 10.1 Å². The number of carbonyl (C=O) groups is 3. The molecule has 0 heterocycles. The van der Waals surface area contributed by atoms with Crippen LogP contribution in [0.3, 0.4) is 0 Å². The zero-order valence-corrected chi connectivity index (χ0v) is 24.9. The number of amides is 1. The first kappa shape index (κ1) is 33.5. The maximum absolute atomic E-state index is 12.3. The molecule has 9 heteroatoms. The SMILES string of the molecule is COC(=O)/C(=C/CCC[C@H](OCc1ccccc1)[C@@H](OCc1ccccc1)[C@H](C)OC(C)=O)NC(=O)OC(C)(C)C. The highest BCUT2D eigenvalue weighted by Gasteiger charge is 2.31. The third kappa shape index (κ3) is 13.5. The largest absolute Gasteiger partial charge is 0.464 e. The second-order valence-corrected chi connectivity index (χ2v) is 10.6. The summed E-state index contributed by atoms with van der Waals surface area (Å²) in [6, 6.07) is 19.5. The van der Waals surface area contributed by atoms with E-state index in [2.05, 4.69) is 5.32 Å². The molecule has 1 amide bonds. The van der Waals surface area contributed by atoms with Crippen LogP contribution in [0.25, 0.3) is 0 Å². The number of hydrogen-bond donors (Lipinski definition) is 1. The molecule has 0 radical (unpaired) electrons. The summed E-state index contributed by atoms with van der Waals surface area (Å²) in [4.78, 5) is 36.3. The fraction of sp³-hybridized carbons (Fsp3) is 0.469. The van der Waals surface area contributed by atoms with Crippen LogP contribution in [-0.4, -0.2) is 49.1 Å². The molecule has 1 N–H and O–H groups in total. The van der Waals surface area contributed by atoms with Crippen molar-refractivity contribution in [3.8, 4) is 0 Å². The van der Waals surface area contributed by atoms with Gasteiger partial charge in [-0.05, 0) is 58.1 Å². The topological polar surface area (TPSA) is 109 Å². The van der Waals surface area contributed by atoms with Crippen LogP contribution in [0.2, 0.25) is 0 Å². The molecule has 0 aliphatic carbocycles. The van der Waals surface area contributed by atoms with Crippen LogP contribution in [0.1, 0.15) is 65.0 Å². The smallest absolute Gasteiger partial charge is 0.412 e. The third-order valence-electron chi connectivity index (χ3n) is 5.86. The van der Waals surface area contributed by atoms with Gasteiger partial charge in [0, 0.05) is 6.92 Å². The number of nitrogens with one attached hydrogen (secondary N) is 1. The van der Waals surface area contributed by atoms with Crippen molar-refractivity contribution < 1.29 is 38.1 Å². The van der Waals surface area contributed by atoms with Gasteiger partial charge in [-0.15, -0.1) is 0 Å².